The first-order valence-electron chi connectivity index (χ1n) is 3.98. The maximum Gasteiger partial charge on any atom is 0.222 e. The van der Waals surface area contributed by atoms with Gasteiger partial charge in [0.1, 0.15) is 0 Å². The van der Waals surface area contributed by atoms with Crippen molar-refractivity contribution >= 4 is 5.91 Å². The van der Waals surface area contributed by atoms with Crippen molar-refractivity contribution in [1.29, 1.82) is 0 Å². The standard InChI is InChI=1S/C8H15NO/c1-6-3-4-9-8(10)7(2)5-6/h6-7H,3-5H2,1-2H3,(H,9,10). The molecule has 1 aliphatic rings. The molecule has 0 saturated carbocycles. The monoisotopic (exact) mass is 141 g/mol. The van der Waals surface area contributed by atoms with Gasteiger partial charge in [-0.3, -0.25) is 4.79 Å². The predicted molar refractivity (Wildman–Crippen MR) is 40.6 cm³/mol. The zero-order valence-electron chi connectivity index (χ0n) is 6.68. The van der Waals surface area contributed by atoms with E-state index < -0.39 is 0 Å². The summed E-state index contributed by atoms with van der Waals surface area (Å²) in [6.45, 7) is 5.07. The van der Waals surface area contributed by atoms with Crippen molar-refractivity contribution in [3.63, 3.8) is 0 Å². The molecule has 0 aromatic heterocycles. The third-order valence-corrected chi connectivity index (χ3v) is 2.14. The molecular weight excluding hydrogens is 126 g/mol. The Morgan fingerprint density at radius 2 is 2.20 bits per heavy atom. The normalized spacial score (nSPS) is 34.8. The molecule has 0 aromatic rings. The summed E-state index contributed by atoms with van der Waals surface area (Å²) < 4.78 is 0. The van der Waals surface area contributed by atoms with E-state index >= 15 is 0 Å². The van der Waals surface area contributed by atoms with Crippen molar-refractivity contribution in [2.45, 2.75) is 26.7 Å². The summed E-state index contributed by atoms with van der Waals surface area (Å²) in [5, 5.41) is 2.89. The first-order chi connectivity index (χ1) is 4.70. The predicted octanol–water partition coefficient (Wildman–Crippen LogP) is 1.17. The topological polar surface area (TPSA) is 29.1 Å². The molecule has 1 fully saturated rings. The van der Waals surface area contributed by atoms with E-state index in [4.69, 9.17) is 0 Å². The van der Waals surface area contributed by atoms with E-state index in [1.165, 1.54) is 0 Å². The number of hydrogen-bond donors (Lipinski definition) is 1. The van der Waals surface area contributed by atoms with E-state index in [9.17, 15) is 4.79 Å². The van der Waals surface area contributed by atoms with Crippen molar-refractivity contribution in [3.8, 4) is 0 Å². The minimum atomic E-state index is 0.220. The average molecular weight is 141 g/mol. The second kappa shape index (κ2) is 3.04. The van der Waals surface area contributed by atoms with Crippen LogP contribution in [0.15, 0.2) is 0 Å². The van der Waals surface area contributed by atoms with E-state index in [0.29, 0.717) is 5.92 Å². The summed E-state index contributed by atoms with van der Waals surface area (Å²) in [5.74, 6) is 1.15. The van der Waals surface area contributed by atoms with Crippen LogP contribution in [-0.4, -0.2) is 12.5 Å². The Balaban J connectivity index is 2.49. The highest BCUT2D eigenvalue weighted by atomic mass is 16.1. The van der Waals surface area contributed by atoms with E-state index in [1.807, 2.05) is 6.92 Å². The number of carbonyl (C=O) groups is 1. The quantitative estimate of drug-likeness (QED) is 0.539. The van der Waals surface area contributed by atoms with Crippen molar-refractivity contribution < 1.29 is 4.79 Å². The van der Waals surface area contributed by atoms with Crippen LogP contribution >= 0.6 is 0 Å². The molecule has 1 amide bonds. The second-order valence-electron chi connectivity index (χ2n) is 3.32. The van der Waals surface area contributed by atoms with Crippen LogP contribution in [0.2, 0.25) is 0 Å². The van der Waals surface area contributed by atoms with Crippen molar-refractivity contribution in [2.75, 3.05) is 6.54 Å². The molecule has 0 aromatic carbocycles. The minimum absolute atomic E-state index is 0.220. The molecule has 1 rings (SSSR count). The van der Waals surface area contributed by atoms with Crippen LogP contribution in [0.5, 0.6) is 0 Å². The lowest BCUT2D eigenvalue weighted by Gasteiger charge is -2.08. The Kier molecular flexibility index (Phi) is 2.30. The van der Waals surface area contributed by atoms with Gasteiger partial charge in [0.05, 0.1) is 0 Å². The summed E-state index contributed by atoms with van der Waals surface area (Å²) >= 11 is 0. The average Bonchev–Trinajstić information content (AvgIpc) is 1.96. The Labute approximate surface area is 62.0 Å². The zero-order valence-corrected chi connectivity index (χ0v) is 6.68. The SMILES string of the molecule is CC1CCNC(=O)C(C)C1. The summed E-state index contributed by atoms with van der Waals surface area (Å²) in [6, 6.07) is 0. The van der Waals surface area contributed by atoms with Gasteiger partial charge in [-0.05, 0) is 18.8 Å². The first kappa shape index (κ1) is 7.58. The van der Waals surface area contributed by atoms with Gasteiger partial charge in [-0.1, -0.05) is 13.8 Å². The summed E-state index contributed by atoms with van der Waals surface area (Å²) in [5.41, 5.74) is 0. The summed E-state index contributed by atoms with van der Waals surface area (Å²) in [4.78, 5) is 11.0. The molecule has 1 heterocycles. The van der Waals surface area contributed by atoms with Gasteiger partial charge >= 0.3 is 0 Å². The largest absolute Gasteiger partial charge is 0.356 e. The van der Waals surface area contributed by atoms with Gasteiger partial charge in [-0.2, -0.15) is 0 Å². The molecule has 1 saturated heterocycles. The van der Waals surface area contributed by atoms with Crippen molar-refractivity contribution in [3.05, 3.63) is 0 Å². The lowest BCUT2D eigenvalue weighted by molar-refractivity contribution is -0.124. The lowest BCUT2D eigenvalue weighted by Crippen LogP contribution is -2.26. The van der Waals surface area contributed by atoms with Crippen LogP contribution in [0.4, 0.5) is 0 Å². The Bertz CT molecular complexity index is 133. The molecule has 1 aliphatic heterocycles. The third kappa shape index (κ3) is 1.72. The molecule has 2 unspecified atom stereocenters. The van der Waals surface area contributed by atoms with Gasteiger partial charge in [0.2, 0.25) is 5.91 Å². The van der Waals surface area contributed by atoms with Crippen molar-refractivity contribution in [2.24, 2.45) is 11.8 Å². The Hall–Kier alpha value is -0.530. The number of rotatable bonds is 0. The van der Waals surface area contributed by atoms with Crippen LogP contribution < -0.4 is 5.32 Å². The second-order valence-corrected chi connectivity index (χ2v) is 3.32. The number of nitrogens with one attached hydrogen (secondary N) is 1. The molecule has 0 aliphatic carbocycles. The molecular formula is C8H15NO. The lowest BCUT2D eigenvalue weighted by atomic mass is 9.96. The zero-order chi connectivity index (χ0) is 7.56. The van der Waals surface area contributed by atoms with Gasteiger partial charge in [0, 0.05) is 12.5 Å². The summed E-state index contributed by atoms with van der Waals surface area (Å²) in [7, 11) is 0. The van der Waals surface area contributed by atoms with Crippen LogP contribution in [0, 0.1) is 11.8 Å². The number of amides is 1. The van der Waals surface area contributed by atoms with E-state index in [2.05, 4.69) is 12.2 Å². The molecule has 2 heteroatoms. The molecule has 2 nitrogen and oxygen atoms in total. The van der Waals surface area contributed by atoms with Crippen LogP contribution in [-0.2, 0) is 4.79 Å². The molecule has 0 bridgehead atoms. The molecule has 1 N–H and O–H groups in total. The van der Waals surface area contributed by atoms with E-state index in [1.54, 1.807) is 0 Å². The van der Waals surface area contributed by atoms with Gasteiger partial charge in [0.15, 0.2) is 0 Å². The maximum absolute atomic E-state index is 11.0. The minimum Gasteiger partial charge on any atom is -0.356 e. The maximum atomic E-state index is 11.0. The fourth-order valence-corrected chi connectivity index (χ4v) is 1.44. The summed E-state index contributed by atoms with van der Waals surface area (Å²) in [6.07, 6.45) is 2.18. The molecule has 0 spiro atoms. The highest BCUT2D eigenvalue weighted by Gasteiger charge is 2.19. The fourth-order valence-electron chi connectivity index (χ4n) is 1.44. The van der Waals surface area contributed by atoms with E-state index in [0.717, 1.165) is 19.4 Å². The highest BCUT2D eigenvalue weighted by Crippen LogP contribution is 2.17. The number of hydrogen-bond acceptors (Lipinski definition) is 1. The van der Waals surface area contributed by atoms with Gasteiger partial charge < -0.3 is 5.32 Å². The van der Waals surface area contributed by atoms with Gasteiger partial charge in [-0.25, -0.2) is 0 Å². The van der Waals surface area contributed by atoms with E-state index in [-0.39, 0.29) is 11.8 Å². The van der Waals surface area contributed by atoms with Gasteiger partial charge in [0.25, 0.3) is 0 Å². The van der Waals surface area contributed by atoms with Crippen LogP contribution in [0.3, 0.4) is 0 Å². The number of carbonyl (C=O) groups excluding carboxylic acids is 1. The fraction of sp³-hybridized carbons (Fsp3) is 0.875. The van der Waals surface area contributed by atoms with Gasteiger partial charge in [-0.15, -0.1) is 0 Å². The molecule has 58 valence electrons. The Morgan fingerprint density at radius 1 is 1.50 bits per heavy atom. The molecule has 0 radical (unpaired) electrons. The van der Waals surface area contributed by atoms with Crippen molar-refractivity contribution in [1.82, 2.24) is 5.32 Å². The highest BCUT2D eigenvalue weighted by molar-refractivity contribution is 5.78. The first-order valence-corrected chi connectivity index (χ1v) is 3.98. The Morgan fingerprint density at radius 3 is 2.90 bits per heavy atom. The molecule has 10 heavy (non-hydrogen) atoms. The third-order valence-electron chi connectivity index (χ3n) is 2.14. The van der Waals surface area contributed by atoms with Crippen LogP contribution in [0.25, 0.3) is 0 Å². The molecule has 2 atom stereocenters. The smallest absolute Gasteiger partial charge is 0.222 e. The van der Waals surface area contributed by atoms with Crippen LogP contribution in [0.1, 0.15) is 26.7 Å².